The zero-order chi connectivity index (χ0) is 28.0. The van der Waals surface area contributed by atoms with Crippen molar-refractivity contribution in [1.29, 1.82) is 0 Å². The molecule has 0 N–H and O–H groups in total. The van der Waals surface area contributed by atoms with Gasteiger partial charge in [-0.2, -0.15) is 0 Å². The van der Waals surface area contributed by atoms with Crippen molar-refractivity contribution in [2.24, 2.45) is 0 Å². The first-order valence-corrected chi connectivity index (χ1v) is 14.2. The zero-order valence-electron chi connectivity index (χ0n) is 23.6. The lowest BCUT2D eigenvalue weighted by atomic mass is 9.93. The molecule has 0 aromatic heterocycles. The summed E-state index contributed by atoms with van der Waals surface area (Å²) in [4.78, 5) is 0. The quantitative estimate of drug-likeness (QED) is 0.0954. The summed E-state index contributed by atoms with van der Waals surface area (Å²) in [6.07, 6.45) is 0.874. The largest absolute Gasteiger partial charge is 0.491 e. The average molecular weight is 561 g/mol. The predicted molar refractivity (Wildman–Crippen MR) is 155 cm³/mol. The van der Waals surface area contributed by atoms with Gasteiger partial charge in [0.25, 0.3) is 0 Å². The van der Waals surface area contributed by atoms with Crippen LogP contribution in [-0.4, -0.2) is 65.4 Å². The van der Waals surface area contributed by atoms with Gasteiger partial charge in [-0.15, -0.1) is 0 Å². The number of ether oxygens (including phenoxy) is 8. The Morgan fingerprint density at radius 1 is 0.610 bits per heavy atom. The molecule has 216 valence electrons. The van der Waals surface area contributed by atoms with Crippen molar-refractivity contribution in [1.82, 2.24) is 0 Å². The third-order valence-corrected chi connectivity index (χ3v) is 7.16. The van der Waals surface area contributed by atoms with E-state index < -0.39 is 0 Å². The lowest BCUT2D eigenvalue weighted by molar-refractivity contribution is 0.0220. The number of fused-ring (bicyclic) bond motifs is 2. The summed E-state index contributed by atoms with van der Waals surface area (Å²) in [5, 5.41) is 4.27. The van der Waals surface area contributed by atoms with E-state index in [-0.39, 0.29) is 25.8 Å². The summed E-state index contributed by atoms with van der Waals surface area (Å²) < 4.78 is 46.2. The molecule has 0 spiro atoms. The van der Waals surface area contributed by atoms with Gasteiger partial charge in [0.05, 0.1) is 13.2 Å². The first-order chi connectivity index (χ1) is 20.2. The van der Waals surface area contributed by atoms with Gasteiger partial charge in [0, 0.05) is 30.8 Å². The number of rotatable bonds is 16. The maximum atomic E-state index is 6.34. The molecule has 2 saturated heterocycles. The van der Waals surface area contributed by atoms with Crippen LogP contribution in [0.3, 0.4) is 0 Å². The second-order valence-electron chi connectivity index (χ2n) is 10.1. The Kier molecular flexibility index (Phi) is 8.72. The molecule has 0 radical (unpaired) electrons. The summed E-state index contributed by atoms with van der Waals surface area (Å²) in [5.41, 5.74) is 2.06. The van der Waals surface area contributed by atoms with Crippen molar-refractivity contribution in [3.8, 4) is 23.0 Å². The van der Waals surface area contributed by atoms with Gasteiger partial charge in [0.15, 0.2) is 13.6 Å². The van der Waals surface area contributed by atoms with E-state index in [1.807, 2.05) is 44.2 Å². The van der Waals surface area contributed by atoms with Crippen LogP contribution in [0.25, 0.3) is 21.5 Å². The lowest BCUT2D eigenvalue weighted by Crippen LogP contribution is -2.08. The molecule has 2 unspecified atom stereocenters. The standard InChI is InChI=1S/C33H36O8/c1-3-34-20-40-25-10-6-23-8-12-33(41-21-35-4-2)31(29(23)14-25)15-30-28-13-24(36-16-26-17-37-26)9-5-22(28)7-11-32(30)39-19-27-18-38-27/h5-14,26-27H,3-4,15-21H2,1-2H3. The van der Waals surface area contributed by atoms with E-state index in [9.17, 15) is 0 Å². The van der Waals surface area contributed by atoms with Crippen LogP contribution < -0.4 is 18.9 Å². The Balaban J connectivity index is 1.43. The van der Waals surface area contributed by atoms with Crippen molar-refractivity contribution < 1.29 is 37.9 Å². The maximum Gasteiger partial charge on any atom is 0.189 e. The normalized spacial score (nSPS) is 17.5. The monoisotopic (exact) mass is 560 g/mol. The molecule has 0 aliphatic carbocycles. The predicted octanol–water partition coefficient (Wildman–Crippen LogP) is 5.88. The van der Waals surface area contributed by atoms with Crippen LogP contribution in [0.4, 0.5) is 0 Å². The molecule has 41 heavy (non-hydrogen) atoms. The summed E-state index contributed by atoms with van der Waals surface area (Å²) in [6.45, 7) is 7.93. The molecule has 8 heteroatoms. The molecule has 4 aromatic carbocycles. The van der Waals surface area contributed by atoms with Crippen molar-refractivity contribution in [3.63, 3.8) is 0 Å². The first-order valence-electron chi connectivity index (χ1n) is 14.2. The fourth-order valence-electron chi connectivity index (χ4n) is 4.76. The van der Waals surface area contributed by atoms with Crippen molar-refractivity contribution in [3.05, 3.63) is 71.8 Å². The number of hydrogen-bond acceptors (Lipinski definition) is 8. The van der Waals surface area contributed by atoms with Gasteiger partial charge in [-0.1, -0.05) is 24.3 Å². The Morgan fingerprint density at radius 2 is 1.10 bits per heavy atom. The molecular formula is C33H36O8. The molecule has 4 aromatic rings. The molecular weight excluding hydrogens is 524 g/mol. The molecule has 2 aliphatic heterocycles. The Bertz CT molecular complexity index is 1470. The second kappa shape index (κ2) is 13.0. The van der Waals surface area contributed by atoms with Crippen LogP contribution >= 0.6 is 0 Å². The lowest BCUT2D eigenvalue weighted by Gasteiger charge is -2.19. The average Bonchev–Trinajstić information content (AvgIpc) is 3.92. The minimum Gasteiger partial charge on any atom is -0.491 e. The SMILES string of the molecule is CCOCOc1ccc2ccc(OCOCC)c(Cc3c(OCC4CO4)ccc4ccc(OCC5CO5)cc34)c2c1. The third-order valence-electron chi connectivity index (χ3n) is 7.16. The van der Waals surface area contributed by atoms with Gasteiger partial charge in [-0.3, -0.25) is 0 Å². The van der Waals surface area contributed by atoms with Crippen molar-refractivity contribution in [2.75, 3.05) is 53.2 Å². The highest BCUT2D eigenvalue weighted by molar-refractivity contribution is 5.92. The topological polar surface area (TPSA) is 80.4 Å². The molecule has 6 rings (SSSR count). The summed E-state index contributed by atoms with van der Waals surface area (Å²) in [5.74, 6) is 3.09. The van der Waals surface area contributed by atoms with E-state index in [1.165, 1.54) is 0 Å². The molecule has 8 nitrogen and oxygen atoms in total. The smallest absolute Gasteiger partial charge is 0.189 e. The van der Waals surface area contributed by atoms with E-state index in [0.29, 0.717) is 32.8 Å². The zero-order valence-corrected chi connectivity index (χ0v) is 23.6. The van der Waals surface area contributed by atoms with Crippen LogP contribution in [0.2, 0.25) is 0 Å². The highest BCUT2D eigenvalue weighted by atomic mass is 16.7. The van der Waals surface area contributed by atoms with Crippen LogP contribution in [0, 0.1) is 0 Å². The first kappa shape index (κ1) is 27.6. The fraction of sp³-hybridized carbons (Fsp3) is 0.394. The van der Waals surface area contributed by atoms with E-state index in [2.05, 4.69) is 30.3 Å². The summed E-state index contributed by atoms with van der Waals surface area (Å²) in [7, 11) is 0. The highest BCUT2D eigenvalue weighted by Gasteiger charge is 2.25. The minimum absolute atomic E-state index is 0.138. The number of epoxide rings is 2. The molecule has 2 atom stereocenters. The van der Waals surface area contributed by atoms with Gasteiger partial charge < -0.3 is 37.9 Å². The number of benzene rings is 4. The van der Waals surface area contributed by atoms with E-state index in [0.717, 1.165) is 68.9 Å². The fourth-order valence-corrected chi connectivity index (χ4v) is 4.76. The molecule has 0 saturated carbocycles. The van der Waals surface area contributed by atoms with E-state index >= 15 is 0 Å². The Labute approximate surface area is 239 Å². The molecule has 2 fully saturated rings. The van der Waals surface area contributed by atoms with Gasteiger partial charge in [-0.25, -0.2) is 0 Å². The molecule has 2 heterocycles. The van der Waals surface area contributed by atoms with Gasteiger partial charge >= 0.3 is 0 Å². The molecule has 0 amide bonds. The van der Waals surface area contributed by atoms with Gasteiger partial charge in [-0.05, 0) is 71.8 Å². The minimum atomic E-state index is 0.138. The van der Waals surface area contributed by atoms with Crippen LogP contribution in [-0.2, 0) is 25.4 Å². The third kappa shape index (κ3) is 7.02. The maximum absolute atomic E-state index is 6.34. The second-order valence-corrected chi connectivity index (χ2v) is 10.1. The van der Waals surface area contributed by atoms with Crippen molar-refractivity contribution in [2.45, 2.75) is 32.5 Å². The van der Waals surface area contributed by atoms with E-state index in [4.69, 9.17) is 37.9 Å². The van der Waals surface area contributed by atoms with E-state index in [1.54, 1.807) is 0 Å². The summed E-state index contributed by atoms with van der Waals surface area (Å²) >= 11 is 0. The van der Waals surface area contributed by atoms with Gasteiger partial charge in [0.2, 0.25) is 0 Å². The van der Waals surface area contributed by atoms with Crippen LogP contribution in [0.15, 0.2) is 60.7 Å². The Morgan fingerprint density at radius 3 is 1.66 bits per heavy atom. The molecule has 0 bridgehead atoms. The van der Waals surface area contributed by atoms with Crippen LogP contribution in [0.5, 0.6) is 23.0 Å². The summed E-state index contributed by atoms with van der Waals surface area (Å²) in [6, 6.07) is 20.4. The highest BCUT2D eigenvalue weighted by Crippen LogP contribution is 2.38. The Hall–Kier alpha value is -3.56. The van der Waals surface area contributed by atoms with Gasteiger partial charge in [0.1, 0.15) is 48.4 Å². The molecule has 2 aliphatic rings. The number of hydrogen-bond donors (Lipinski definition) is 0. The van der Waals surface area contributed by atoms with Crippen LogP contribution in [0.1, 0.15) is 25.0 Å². The van der Waals surface area contributed by atoms with Crippen molar-refractivity contribution >= 4 is 21.5 Å².